The van der Waals surface area contributed by atoms with Crippen LogP contribution >= 0.6 is 0 Å². The average molecular weight is 453 g/mol. The van der Waals surface area contributed by atoms with Gasteiger partial charge in [-0.05, 0) is 64.4 Å². The maximum Gasteiger partial charge on any atom is 0.261 e. The first-order chi connectivity index (χ1) is 16.0. The molecule has 4 nitrogen and oxygen atoms in total. The van der Waals surface area contributed by atoms with E-state index in [1.165, 1.54) is 27.1 Å². The van der Waals surface area contributed by atoms with Gasteiger partial charge < -0.3 is 5.32 Å². The van der Waals surface area contributed by atoms with Crippen molar-refractivity contribution in [2.75, 3.05) is 10.0 Å². The lowest BCUT2D eigenvalue weighted by Gasteiger charge is -2.16. The molecule has 0 heterocycles. The molecule has 0 aliphatic heterocycles. The van der Waals surface area contributed by atoms with Gasteiger partial charge in [0.15, 0.2) is 0 Å². The number of hydrogen-bond acceptors (Lipinski definition) is 3. The normalized spacial score (nSPS) is 11.5. The largest absolute Gasteiger partial charge is 0.379 e. The molecule has 0 aliphatic rings. The molecule has 5 rings (SSSR count). The smallest absolute Gasteiger partial charge is 0.261 e. The summed E-state index contributed by atoms with van der Waals surface area (Å²) < 4.78 is 28.6. The first-order valence-corrected chi connectivity index (χ1v) is 12.3. The van der Waals surface area contributed by atoms with Gasteiger partial charge in [0, 0.05) is 6.54 Å². The van der Waals surface area contributed by atoms with E-state index in [-0.39, 0.29) is 4.90 Å². The highest BCUT2D eigenvalue weighted by Crippen LogP contribution is 2.31. The minimum absolute atomic E-state index is 0.239. The van der Waals surface area contributed by atoms with Crippen LogP contribution in [0.15, 0.2) is 108 Å². The van der Waals surface area contributed by atoms with E-state index in [1.54, 1.807) is 30.3 Å². The van der Waals surface area contributed by atoms with Crippen LogP contribution in [-0.2, 0) is 16.6 Å². The van der Waals surface area contributed by atoms with Gasteiger partial charge in [-0.2, -0.15) is 0 Å². The zero-order valence-electron chi connectivity index (χ0n) is 18.2. The number of sulfonamides is 1. The Morgan fingerprint density at radius 3 is 1.85 bits per heavy atom. The number of para-hydroxylation sites is 2. The predicted octanol–water partition coefficient (Wildman–Crippen LogP) is 6.71. The lowest BCUT2D eigenvalue weighted by molar-refractivity contribution is 0.601. The van der Waals surface area contributed by atoms with Crippen LogP contribution in [-0.4, -0.2) is 8.42 Å². The standard InChI is InChI=1S/C28H24N2O2S/c1-20-14-16-23(17-15-20)33(31,32)30-28-13-7-6-12-27(28)29-19-26-24-10-4-2-8-21(24)18-22-9-3-5-11-25(22)26/h2-18,29-30H,19H2,1H3. The zero-order valence-corrected chi connectivity index (χ0v) is 19.1. The molecule has 0 amide bonds. The molecule has 0 bridgehead atoms. The number of rotatable bonds is 6. The molecule has 5 heteroatoms. The molecule has 0 aromatic heterocycles. The maximum absolute atomic E-state index is 13.0. The highest BCUT2D eigenvalue weighted by atomic mass is 32.2. The van der Waals surface area contributed by atoms with Gasteiger partial charge in [0.25, 0.3) is 10.0 Å². The summed E-state index contributed by atoms with van der Waals surface area (Å²) in [5, 5.41) is 8.20. The minimum Gasteiger partial charge on any atom is -0.379 e. The summed E-state index contributed by atoms with van der Waals surface area (Å²) in [6.45, 7) is 2.49. The molecule has 5 aromatic carbocycles. The molecule has 0 fully saturated rings. The molecule has 5 aromatic rings. The lowest BCUT2D eigenvalue weighted by Crippen LogP contribution is -2.14. The predicted molar refractivity (Wildman–Crippen MR) is 137 cm³/mol. The molecule has 0 saturated carbocycles. The summed E-state index contributed by atoms with van der Waals surface area (Å²) in [4.78, 5) is 0.239. The van der Waals surface area contributed by atoms with E-state index in [9.17, 15) is 8.42 Å². The molecule has 0 aliphatic carbocycles. The first kappa shape index (κ1) is 21.0. The summed E-state index contributed by atoms with van der Waals surface area (Å²) in [5.74, 6) is 0. The highest BCUT2D eigenvalue weighted by Gasteiger charge is 2.16. The molecule has 0 unspecified atom stereocenters. The first-order valence-electron chi connectivity index (χ1n) is 10.8. The molecule has 33 heavy (non-hydrogen) atoms. The second-order valence-electron chi connectivity index (χ2n) is 8.12. The Bertz CT molecular complexity index is 1500. The van der Waals surface area contributed by atoms with Gasteiger partial charge in [0.2, 0.25) is 0 Å². The van der Waals surface area contributed by atoms with Crippen LogP contribution < -0.4 is 10.0 Å². The summed E-state index contributed by atoms with van der Waals surface area (Å²) >= 11 is 0. The third kappa shape index (κ3) is 4.28. The Morgan fingerprint density at radius 1 is 0.667 bits per heavy atom. The number of hydrogen-bond donors (Lipinski definition) is 2. The average Bonchev–Trinajstić information content (AvgIpc) is 2.82. The van der Waals surface area contributed by atoms with E-state index in [2.05, 4.69) is 40.4 Å². The number of fused-ring (bicyclic) bond motifs is 2. The van der Waals surface area contributed by atoms with Crippen molar-refractivity contribution < 1.29 is 8.42 Å². The maximum atomic E-state index is 13.0. The number of aryl methyl sites for hydroxylation is 1. The van der Waals surface area contributed by atoms with Crippen molar-refractivity contribution in [1.29, 1.82) is 0 Å². The van der Waals surface area contributed by atoms with Gasteiger partial charge in [-0.25, -0.2) is 8.42 Å². The van der Waals surface area contributed by atoms with Gasteiger partial charge in [0.1, 0.15) is 0 Å². The molecule has 0 radical (unpaired) electrons. The van der Waals surface area contributed by atoms with Crippen LogP contribution in [0.2, 0.25) is 0 Å². The topological polar surface area (TPSA) is 58.2 Å². The molecule has 2 N–H and O–H groups in total. The van der Waals surface area contributed by atoms with Crippen molar-refractivity contribution in [3.05, 3.63) is 114 Å². The summed E-state index contributed by atoms with van der Waals surface area (Å²) in [6, 6.07) is 33.1. The van der Waals surface area contributed by atoms with Crippen LogP contribution in [0.3, 0.4) is 0 Å². The van der Waals surface area contributed by atoms with E-state index >= 15 is 0 Å². The van der Waals surface area contributed by atoms with Gasteiger partial charge >= 0.3 is 0 Å². The fourth-order valence-corrected chi connectivity index (χ4v) is 5.21. The van der Waals surface area contributed by atoms with Crippen molar-refractivity contribution >= 4 is 42.9 Å². The Labute approximate surface area is 193 Å². The van der Waals surface area contributed by atoms with Crippen LogP contribution in [0.1, 0.15) is 11.1 Å². The van der Waals surface area contributed by atoms with Gasteiger partial charge in [-0.15, -0.1) is 0 Å². The quantitative estimate of drug-likeness (QED) is 0.281. The second-order valence-corrected chi connectivity index (χ2v) is 9.80. The summed E-state index contributed by atoms with van der Waals surface area (Å²) in [5.41, 5.74) is 3.44. The van der Waals surface area contributed by atoms with Crippen molar-refractivity contribution in [1.82, 2.24) is 0 Å². The Morgan fingerprint density at radius 2 is 1.21 bits per heavy atom. The van der Waals surface area contributed by atoms with Crippen molar-refractivity contribution in [2.45, 2.75) is 18.4 Å². The summed E-state index contributed by atoms with van der Waals surface area (Å²) in [7, 11) is -3.69. The van der Waals surface area contributed by atoms with Crippen LogP contribution in [0.5, 0.6) is 0 Å². The monoisotopic (exact) mass is 452 g/mol. The minimum atomic E-state index is -3.69. The highest BCUT2D eigenvalue weighted by molar-refractivity contribution is 7.92. The van der Waals surface area contributed by atoms with E-state index in [0.29, 0.717) is 12.2 Å². The zero-order chi connectivity index (χ0) is 22.8. The van der Waals surface area contributed by atoms with E-state index in [4.69, 9.17) is 0 Å². The number of anilines is 2. The molecular formula is C28H24N2O2S. The lowest BCUT2D eigenvalue weighted by atomic mass is 9.96. The Hall–Kier alpha value is -3.83. The van der Waals surface area contributed by atoms with Crippen molar-refractivity contribution in [3.63, 3.8) is 0 Å². The Kier molecular flexibility index (Phi) is 5.48. The van der Waals surface area contributed by atoms with E-state index in [1.807, 2.05) is 49.4 Å². The number of benzene rings is 5. The molecule has 164 valence electrons. The van der Waals surface area contributed by atoms with Crippen molar-refractivity contribution in [2.24, 2.45) is 0 Å². The molecule has 0 atom stereocenters. The van der Waals surface area contributed by atoms with Crippen LogP contribution in [0.4, 0.5) is 11.4 Å². The fourth-order valence-electron chi connectivity index (χ4n) is 4.13. The van der Waals surface area contributed by atoms with E-state index in [0.717, 1.165) is 11.3 Å². The Balaban J connectivity index is 1.48. The second kappa shape index (κ2) is 8.60. The third-order valence-corrected chi connectivity index (χ3v) is 7.22. The molecular weight excluding hydrogens is 428 g/mol. The summed E-state index contributed by atoms with van der Waals surface area (Å²) in [6.07, 6.45) is 0. The van der Waals surface area contributed by atoms with Gasteiger partial charge in [-0.3, -0.25) is 4.72 Å². The SMILES string of the molecule is Cc1ccc(S(=O)(=O)Nc2ccccc2NCc2c3ccccc3cc3ccccc23)cc1. The molecule has 0 saturated heterocycles. The van der Waals surface area contributed by atoms with E-state index < -0.39 is 10.0 Å². The number of nitrogens with one attached hydrogen (secondary N) is 2. The van der Waals surface area contributed by atoms with Gasteiger partial charge in [0.05, 0.1) is 16.3 Å². The third-order valence-electron chi connectivity index (χ3n) is 5.84. The molecule has 0 spiro atoms. The van der Waals surface area contributed by atoms with Crippen LogP contribution in [0.25, 0.3) is 21.5 Å². The fraction of sp³-hybridized carbons (Fsp3) is 0.0714. The van der Waals surface area contributed by atoms with Crippen LogP contribution in [0, 0.1) is 6.92 Å². The van der Waals surface area contributed by atoms with Crippen molar-refractivity contribution in [3.8, 4) is 0 Å². The van der Waals surface area contributed by atoms with Gasteiger partial charge in [-0.1, -0.05) is 78.4 Å².